The lowest BCUT2D eigenvalue weighted by atomic mass is 10.3. The van der Waals surface area contributed by atoms with Crippen LogP contribution in [0.25, 0.3) is 0 Å². The topological polar surface area (TPSA) is 21.7 Å². The number of hydrogen-bond donors (Lipinski definition) is 0. The lowest BCUT2D eigenvalue weighted by Gasteiger charge is -2.24. The summed E-state index contributed by atoms with van der Waals surface area (Å²) in [5.74, 6) is 0. The predicted octanol–water partition coefficient (Wildman–Crippen LogP) is 2.90. The molecule has 0 aliphatic heterocycles. The Labute approximate surface area is 101 Å². The Kier molecular flexibility index (Phi) is 11.3. The van der Waals surface area contributed by atoms with Gasteiger partial charge in [0.15, 0.2) is 6.29 Å². The molecular formula is C13H29NO2. The summed E-state index contributed by atoms with van der Waals surface area (Å²) in [4.78, 5) is 2.49. The van der Waals surface area contributed by atoms with Gasteiger partial charge >= 0.3 is 0 Å². The van der Waals surface area contributed by atoms with Crippen LogP contribution in [0.5, 0.6) is 0 Å². The highest BCUT2D eigenvalue weighted by atomic mass is 16.7. The number of ether oxygens (including phenoxy) is 2. The first-order chi connectivity index (χ1) is 7.78. The highest BCUT2D eigenvalue weighted by Gasteiger charge is 2.10. The van der Waals surface area contributed by atoms with Crippen molar-refractivity contribution in [3.63, 3.8) is 0 Å². The van der Waals surface area contributed by atoms with Gasteiger partial charge in [0.05, 0.1) is 0 Å². The molecule has 0 saturated heterocycles. The molecule has 0 heterocycles. The van der Waals surface area contributed by atoms with Crippen LogP contribution in [0.3, 0.4) is 0 Å². The standard InChI is InChI=1S/C13H29NO2/c1-5-10-14(11-6-2)12-9-13(15-7-3)16-8-4/h13H,5-12H2,1-4H3. The Morgan fingerprint density at radius 2 is 1.31 bits per heavy atom. The van der Waals surface area contributed by atoms with Crippen LogP contribution in [0.2, 0.25) is 0 Å². The van der Waals surface area contributed by atoms with Crippen LogP contribution >= 0.6 is 0 Å². The van der Waals surface area contributed by atoms with Crippen LogP contribution in [0, 0.1) is 0 Å². The summed E-state index contributed by atoms with van der Waals surface area (Å²) in [6.45, 7) is 13.4. The second kappa shape index (κ2) is 11.4. The first kappa shape index (κ1) is 15.9. The maximum absolute atomic E-state index is 5.54. The predicted molar refractivity (Wildman–Crippen MR) is 68.7 cm³/mol. The number of rotatable bonds is 11. The van der Waals surface area contributed by atoms with Crippen molar-refractivity contribution < 1.29 is 9.47 Å². The van der Waals surface area contributed by atoms with Gasteiger partial charge < -0.3 is 14.4 Å². The molecule has 0 fully saturated rings. The van der Waals surface area contributed by atoms with Crippen LogP contribution in [0.4, 0.5) is 0 Å². The molecule has 0 aromatic heterocycles. The molecule has 0 aromatic rings. The molecule has 16 heavy (non-hydrogen) atoms. The van der Waals surface area contributed by atoms with Crippen LogP contribution in [-0.2, 0) is 9.47 Å². The highest BCUT2D eigenvalue weighted by molar-refractivity contribution is 4.58. The van der Waals surface area contributed by atoms with E-state index in [9.17, 15) is 0 Å². The SMILES string of the molecule is CCCN(CCC)CCC(OCC)OCC. The third-order valence-electron chi connectivity index (χ3n) is 2.47. The molecule has 3 nitrogen and oxygen atoms in total. The van der Waals surface area contributed by atoms with Crippen molar-refractivity contribution in [2.24, 2.45) is 0 Å². The van der Waals surface area contributed by atoms with Crippen LogP contribution in [0.1, 0.15) is 47.0 Å². The summed E-state index contributed by atoms with van der Waals surface area (Å²) >= 11 is 0. The summed E-state index contributed by atoms with van der Waals surface area (Å²) < 4.78 is 11.1. The third kappa shape index (κ3) is 8.08. The van der Waals surface area contributed by atoms with Crippen LogP contribution in [0.15, 0.2) is 0 Å². The van der Waals surface area contributed by atoms with Gasteiger partial charge in [-0.25, -0.2) is 0 Å². The fourth-order valence-corrected chi connectivity index (χ4v) is 1.84. The van der Waals surface area contributed by atoms with Crippen molar-refractivity contribution in [3.05, 3.63) is 0 Å². The first-order valence-corrected chi connectivity index (χ1v) is 6.73. The van der Waals surface area contributed by atoms with Crippen LogP contribution in [-0.4, -0.2) is 44.0 Å². The molecule has 3 heteroatoms. The van der Waals surface area contributed by atoms with Crippen molar-refractivity contribution in [1.82, 2.24) is 4.90 Å². The van der Waals surface area contributed by atoms with Gasteiger partial charge in [-0.15, -0.1) is 0 Å². The van der Waals surface area contributed by atoms with Gasteiger partial charge in [0, 0.05) is 26.2 Å². The summed E-state index contributed by atoms with van der Waals surface area (Å²) in [6, 6.07) is 0. The monoisotopic (exact) mass is 231 g/mol. The zero-order valence-electron chi connectivity index (χ0n) is 11.5. The van der Waals surface area contributed by atoms with Crippen molar-refractivity contribution in [1.29, 1.82) is 0 Å². The van der Waals surface area contributed by atoms with E-state index in [1.807, 2.05) is 13.8 Å². The van der Waals surface area contributed by atoms with E-state index in [1.54, 1.807) is 0 Å². The molecule has 0 rings (SSSR count). The summed E-state index contributed by atoms with van der Waals surface area (Å²) in [5.41, 5.74) is 0. The average molecular weight is 231 g/mol. The fraction of sp³-hybridized carbons (Fsp3) is 1.00. The van der Waals surface area contributed by atoms with Gasteiger partial charge in [-0.2, -0.15) is 0 Å². The van der Waals surface area contributed by atoms with Gasteiger partial charge in [-0.05, 0) is 39.8 Å². The fourth-order valence-electron chi connectivity index (χ4n) is 1.84. The highest BCUT2D eigenvalue weighted by Crippen LogP contribution is 2.04. The summed E-state index contributed by atoms with van der Waals surface area (Å²) in [5, 5.41) is 0. The second-order valence-electron chi connectivity index (χ2n) is 3.97. The van der Waals surface area contributed by atoms with E-state index in [1.165, 1.54) is 25.9 Å². The zero-order chi connectivity index (χ0) is 12.2. The molecule has 0 spiro atoms. The van der Waals surface area contributed by atoms with E-state index in [0.717, 1.165) is 26.2 Å². The molecule has 0 aliphatic rings. The minimum Gasteiger partial charge on any atom is -0.353 e. The van der Waals surface area contributed by atoms with Gasteiger partial charge in [-0.3, -0.25) is 0 Å². The quantitative estimate of drug-likeness (QED) is 0.510. The third-order valence-corrected chi connectivity index (χ3v) is 2.47. The Bertz CT molecular complexity index is 114. The first-order valence-electron chi connectivity index (χ1n) is 6.73. The molecule has 98 valence electrons. The molecule has 0 radical (unpaired) electrons. The smallest absolute Gasteiger partial charge is 0.158 e. The largest absolute Gasteiger partial charge is 0.353 e. The molecule has 0 aromatic carbocycles. The van der Waals surface area contributed by atoms with E-state index in [0.29, 0.717) is 0 Å². The lowest BCUT2D eigenvalue weighted by Crippen LogP contribution is -2.30. The van der Waals surface area contributed by atoms with E-state index in [-0.39, 0.29) is 6.29 Å². The molecular weight excluding hydrogens is 202 g/mol. The van der Waals surface area contributed by atoms with Gasteiger partial charge in [0.1, 0.15) is 0 Å². The van der Waals surface area contributed by atoms with Crippen molar-refractivity contribution >= 4 is 0 Å². The number of hydrogen-bond acceptors (Lipinski definition) is 3. The van der Waals surface area contributed by atoms with Gasteiger partial charge in [0.2, 0.25) is 0 Å². The Morgan fingerprint density at radius 1 is 0.812 bits per heavy atom. The molecule has 0 atom stereocenters. The molecule has 0 unspecified atom stereocenters. The summed E-state index contributed by atoms with van der Waals surface area (Å²) in [6.07, 6.45) is 3.38. The van der Waals surface area contributed by atoms with E-state index in [2.05, 4.69) is 18.7 Å². The molecule has 0 bridgehead atoms. The van der Waals surface area contributed by atoms with Crippen molar-refractivity contribution in [3.8, 4) is 0 Å². The minimum absolute atomic E-state index is 0.0220. The second-order valence-corrected chi connectivity index (χ2v) is 3.97. The lowest BCUT2D eigenvalue weighted by molar-refractivity contribution is -0.141. The normalized spacial score (nSPS) is 11.6. The van der Waals surface area contributed by atoms with Crippen molar-refractivity contribution in [2.45, 2.75) is 53.2 Å². The van der Waals surface area contributed by atoms with E-state index < -0.39 is 0 Å². The van der Waals surface area contributed by atoms with Crippen LogP contribution < -0.4 is 0 Å². The van der Waals surface area contributed by atoms with E-state index >= 15 is 0 Å². The van der Waals surface area contributed by atoms with Crippen molar-refractivity contribution in [2.75, 3.05) is 32.8 Å². The van der Waals surface area contributed by atoms with E-state index in [4.69, 9.17) is 9.47 Å². The number of nitrogens with zero attached hydrogens (tertiary/aromatic N) is 1. The maximum atomic E-state index is 5.54. The minimum atomic E-state index is -0.0220. The Balaban J connectivity index is 3.83. The maximum Gasteiger partial charge on any atom is 0.158 e. The molecule has 0 aliphatic carbocycles. The zero-order valence-corrected chi connectivity index (χ0v) is 11.5. The molecule has 0 amide bonds. The Morgan fingerprint density at radius 3 is 1.69 bits per heavy atom. The Hall–Kier alpha value is -0.120. The molecule has 0 saturated carbocycles. The van der Waals surface area contributed by atoms with Gasteiger partial charge in [-0.1, -0.05) is 13.8 Å². The molecule has 0 N–H and O–H groups in total. The average Bonchev–Trinajstić information content (AvgIpc) is 2.27. The summed E-state index contributed by atoms with van der Waals surface area (Å²) in [7, 11) is 0. The van der Waals surface area contributed by atoms with Gasteiger partial charge in [0.25, 0.3) is 0 Å².